The summed E-state index contributed by atoms with van der Waals surface area (Å²) in [6, 6.07) is 27.0. The summed E-state index contributed by atoms with van der Waals surface area (Å²) < 4.78 is 5.27. The van der Waals surface area contributed by atoms with Gasteiger partial charge in [0.1, 0.15) is 11.4 Å². The lowest BCUT2D eigenvalue weighted by molar-refractivity contribution is 0.103. The predicted molar refractivity (Wildman–Crippen MR) is 119 cm³/mol. The largest absolute Gasteiger partial charge is 0.497 e. The molecule has 3 aromatic carbocycles. The second-order valence-corrected chi connectivity index (χ2v) is 7.01. The molecule has 4 nitrogen and oxygen atoms in total. The van der Waals surface area contributed by atoms with Crippen molar-refractivity contribution in [1.82, 2.24) is 9.97 Å². The minimum Gasteiger partial charge on any atom is -0.497 e. The topological polar surface area (TPSA) is 52.1 Å². The van der Waals surface area contributed by atoms with Crippen molar-refractivity contribution in [2.45, 2.75) is 0 Å². The number of ether oxygens (including phenoxy) is 1. The van der Waals surface area contributed by atoms with Crippen LogP contribution >= 0.6 is 0 Å². The van der Waals surface area contributed by atoms with Gasteiger partial charge in [-0.25, -0.2) is 4.98 Å². The molecule has 5 aromatic rings. The van der Waals surface area contributed by atoms with Crippen LogP contribution in [-0.2, 0) is 0 Å². The van der Waals surface area contributed by atoms with E-state index < -0.39 is 0 Å². The fraction of sp³-hybridized carbons (Fsp3) is 0.0385. The zero-order chi connectivity index (χ0) is 20.5. The van der Waals surface area contributed by atoms with Gasteiger partial charge in [-0.15, -0.1) is 0 Å². The molecule has 2 heterocycles. The lowest BCUT2D eigenvalue weighted by Crippen LogP contribution is -2.06. The molecule has 5 rings (SSSR count). The van der Waals surface area contributed by atoms with E-state index in [4.69, 9.17) is 9.72 Å². The third-order valence-corrected chi connectivity index (χ3v) is 5.23. The quantitative estimate of drug-likeness (QED) is 0.292. The maximum atomic E-state index is 13.4. The molecule has 0 fully saturated rings. The average molecular weight is 390 g/mol. The van der Waals surface area contributed by atoms with E-state index in [1.54, 1.807) is 25.4 Å². The van der Waals surface area contributed by atoms with E-state index in [1.807, 2.05) is 66.7 Å². The highest BCUT2D eigenvalue weighted by Crippen LogP contribution is 2.31. The van der Waals surface area contributed by atoms with Crippen molar-refractivity contribution in [3.05, 3.63) is 102 Å². The number of hydrogen-bond acceptors (Lipinski definition) is 4. The van der Waals surface area contributed by atoms with Crippen LogP contribution in [-0.4, -0.2) is 22.9 Å². The zero-order valence-corrected chi connectivity index (χ0v) is 16.4. The Balaban J connectivity index is 1.80. The van der Waals surface area contributed by atoms with E-state index in [9.17, 15) is 4.79 Å². The summed E-state index contributed by atoms with van der Waals surface area (Å²) in [5.74, 6) is 0.655. The molecular formula is C26H18N2O2. The summed E-state index contributed by atoms with van der Waals surface area (Å²) in [6.45, 7) is 0. The summed E-state index contributed by atoms with van der Waals surface area (Å²) in [7, 11) is 1.64. The number of carbonyl (C=O) groups excluding carboxylic acids is 1. The monoisotopic (exact) mass is 390 g/mol. The third-order valence-electron chi connectivity index (χ3n) is 5.23. The Morgan fingerprint density at radius 2 is 1.63 bits per heavy atom. The van der Waals surface area contributed by atoms with Gasteiger partial charge in [-0.3, -0.25) is 9.78 Å². The molecule has 0 unspecified atom stereocenters. The molecule has 0 saturated carbocycles. The number of fused-ring (bicyclic) bond motifs is 3. The van der Waals surface area contributed by atoms with Crippen LogP contribution in [0.4, 0.5) is 0 Å². The normalized spacial score (nSPS) is 11.0. The Hall–Kier alpha value is -4.05. The second kappa shape index (κ2) is 7.41. The highest BCUT2D eigenvalue weighted by molar-refractivity contribution is 6.19. The molecule has 2 aromatic heterocycles. The van der Waals surface area contributed by atoms with Crippen molar-refractivity contribution in [1.29, 1.82) is 0 Å². The summed E-state index contributed by atoms with van der Waals surface area (Å²) in [5.41, 5.74) is 3.47. The number of aromatic nitrogens is 2. The molecule has 0 aliphatic rings. The first-order valence-corrected chi connectivity index (χ1v) is 9.67. The number of carbonyl (C=O) groups is 1. The van der Waals surface area contributed by atoms with Crippen LogP contribution in [0.5, 0.6) is 5.75 Å². The summed E-state index contributed by atoms with van der Waals surface area (Å²) in [5, 5.41) is 2.92. The van der Waals surface area contributed by atoms with E-state index in [2.05, 4.69) is 11.1 Å². The first-order chi connectivity index (χ1) is 14.7. The summed E-state index contributed by atoms with van der Waals surface area (Å²) >= 11 is 0. The molecule has 0 saturated heterocycles. The van der Waals surface area contributed by atoms with Crippen molar-refractivity contribution < 1.29 is 9.53 Å². The average Bonchev–Trinajstić information content (AvgIpc) is 2.83. The fourth-order valence-electron chi connectivity index (χ4n) is 3.69. The number of ketones is 1. The standard InChI is InChI=1S/C26H18N2O2/c1-30-19-12-9-18(10-13-19)24-16-22(26(29)23-8-4-5-15-27-23)21-14-11-17-6-2-3-7-20(17)25(21)28-24/h2-16H,1H3. The van der Waals surface area contributed by atoms with E-state index >= 15 is 0 Å². The van der Waals surface area contributed by atoms with Gasteiger partial charge in [0.25, 0.3) is 0 Å². The van der Waals surface area contributed by atoms with Crippen LogP contribution in [0.3, 0.4) is 0 Å². The van der Waals surface area contributed by atoms with Crippen molar-refractivity contribution in [2.75, 3.05) is 7.11 Å². The smallest absolute Gasteiger partial charge is 0.212 e. The first-order valence-electron chi connectivity index (χ1n) is 9.67. The first kappa shape index (κ1) is 18.0. The van der Waals surface area contributed by atoms with Gasteiger partial charge in [0.05, 0.1) is 18.3 Å². The third kappa shape index (κ3) is 3.08. The van der Waals surface area contributed by atoms with Gasteiger partial charge in [0.2, 0.25) is 5.78 Å². The molecule has 0 amide bonds. The Morgan fingerprint density at radius 3 is 2.40 bits per heavy atom. The minimum atomic E-state index is -0.118. The number of benzene rings is 3. The Morgan fingerprint density at radius 1 is 0.833 bits per heavy atom. The second-order valence-electron chi connectivity index (χ2n) is 7.01. The van der Waals surface area contributed by atoms with Crippen molar-refractivity contribution in [3.63, 3.8) is 0 Å². The van der Waals surface area contributed by atoms with Crippen LogP contribution in [0.2, 0.25) is 0 Å². The van der Waals surface area contributed by atoms with E-state index in [0.29, 0.717) is 11.3 Å². The van der Waals surface area contributed by atoms with Gasteiger partial charge in [0, 0.05) is 28.1 Å². The SMILES string of the molecule is COc1ccc(-c2cc(C(=O)c3ccccn3)c3ccc4ccccc4c3n2)cc1. The maximum absolute atomic E-state index is 13.4. The van der Waals surface area contributed by atoms with E-state index in [1.165, 1.54) is 0 Å². The molecule has 0 radical (unpaired) electrons. The Kier molecular flexibility index (Phi) is 4.45. The van der Waals surface area contributed by atoms with Gasteiger partial charge in [-0.1, -0.05) is 42.5 Å². The molecule has 0 spiro atoms. The number of nitrogens with zero attached hydrogens (tertiary/aromatic N) is 2. The number of rotatable bonds is 4. The molecule has 30 heavy (non-hydrogen) atoms. The molecule has 0 aliphatic carbocycles. The highest BCUT2D eigenvalue weighted by atomic mass is 16.5. The summed E-state index contributed by atoms with van der Waals surface area (Å²) in [6.07, 6.45) is 1.64. The van der Waals surface area contributed by atoms with Crippen LogP contribution in [0.25, 0.3) is 32.9 Å². The Labute approximate surface area is 173 Å². The van der Waals surface area contributed by atoms with Gasteiger partial charge in [0.15, 0.2) is 0 Å². The van der Waals surface area contributed by atoms with E-state index in [0.717, 1.165) is 38.7 Å². The molecule has 0 bridgehead atoms. The van der Waals surface area contributed by atoms with Crippen molar-refractivity contribution >= 4 is 27.5 Å². The molecule has 0 aliphatic heterocycles. The van der Waals surface area contributed by atoms with Gasteiger partial charge in [-0.05, 0) is 47.9 Å². The van der Waals surface area contributed by atoms with Crippen LogP contribution in [0.1, 0.15) is 16.1 Å². The van der Waals surface area contributed by atoms with Crippen LogP contribution < -0.4 is 4.74 Å². The molecule has 0 N–H and O–H groups in total. The number of pyridine rings is 2. The van der Waals surface area contributed by atoms with Gasteiger partial charge in [-0.2, -0.15) is 0 Å². The zero-order valence-electron chi connectivity index (χ0n) is 16.4. The number of hydrogen-bond donors (Lipinski definition) is 0. The van der Waals surface area contributed by atoms with Crippen LogP contribution in [0, 0.1) is 0 Å². The van der Waals surface area contributed by atoms with Gasteiger partial charge < -0.3 is 4.74 Å². The van der Waals surface area contributed by atoms with Crippen LogP contribution in [0.15, 0.2) is 91.1 Å². The Bertz CT molecular complexity index is 1380. The maximum Gasteiger partial charge on any atom is 0.212 e. The molecule has 0 atom stereocenters. The summed E-state index contributed by atoms with van der Waals surface area (Å²) in [4.78, 5) is 22.6. The molecule has 144 valence electrons. The predicted octanol–water partition coefficient (Wildman–Crippen LogP) is 5.69. The highest BCUT2D eigenvalue weighted by Gasteiger charge is 2.18. The van der Waals surface area contributed by atoms with Crippen molar-refractivity contribution in [2.24, 2.45) is 0 Å². The number of methoxy groups -OCH3 is 1. The van der Waals surface area contributed by atoms with Crippen molar-refractivity contribution in [3.8, 4) is 17.0 Å². The van der Waals surface area contributed by atoms with E-state index in [-0.39, 0.29) is 5.78 Å². The molecular weight excluding hydrogens is 372 g/mol. The lowest BCUT2D eigenvalue weighted by Gasteiger charge is -2.12. The molecule has 4 heteroatoms. The minimum absolute atomic E-state index is 0.118. The fourth-order valence-corrected chi connectivity index (χ4v) is 3.69. The van der Waals surface area contributed by atoms with Gasteiger partial charge >= 0.3 is 0 Å². The lowest BCUT2D eigenvalue weighted by atomic mass is 9.96.